The number of benzene rings is 1. The lowest BCUT2D eigenvalue weighted by molar-refractivity contribution is -0.147. The van der Waals surface area contributed by atoms with Crippen molar-refractivity contribution >= 4 is 34.6 Å². The molecule has 168 valence electrons. The highest BCUT2D eigenvalue weighted by atomic mass is 35.5. The molecule has 0 saturated carbocycles. The lowest BCUT2D eigenvalue weighted by Gasteiger charge is -2.13. The predicted octanol–water partition coefficient (Wildman–Crippen LogP) is 3.09. The van der Waals surface area contributed by atoms with Crippen molar-refractivity contribution in [1.82, 2.24) is 14.8 Å². The smallest absolute Gasteiger partial charge is 0.308 e. The molecule has 0 saturated heterocycles. The summed E-state index contributed by atoms with van der Waals surface area (Å²) in [5.74, 6) is 0.699. The Morgan fingerprint density at radius 2 is 1.97 bits per heavy atom. The zero-order valence-electron chi connectivity index (χ0n) is 17.9. The molecule has 1 aromatic carbocycles. The summed E-state index contributed by atoms with van der Waals surface area (Å²) in [4.78, 5) is 18.7. The minimum atomic E-state index is -1.12. The van der Waals surface area contributed by atoms with Crippen molar-refractivity contribution in [1.29, 1.82) is 0 Å². The summed E-state index contributed by atoms with van der Waals surface area (Å²) in [6, 6.07) is 6.79. The van der Waals surface area contributed by atoms with Gasteiger partial charge in [-0.05, 0) is 38.5 Å². The van der Waals surface area contributed by atoms with Gasteiger partial charge in [-0.15, -0.1) is 21.5 Å². The van der Waals surface area contributed by atoms with E-state index in [-0.39, 0.29) is 13.0 Å². The Balaban J connectivity index is 1.83. The van der Waals surface area contributed by atoms with Crippen molar-refractivity contribution in [2.24, 2.45) is 4.99 Å². The number of aromatic nitrogens is 3. The molecule has 3 heterocycles. The first kappa shape index (κ1) is 22.6. The first-order valence-electron chi connectivity index (χ1n) is 10.1. The minimum Gasteiger partial charge on any atom is -0.463 e. The van der Waals surface area contributed by atoms with Crippen LogP contribution in [-0.4, -0.2) is 56.0 Å². The van der Waals surface area contributed by atoms with Crippen LogP contribution in [0, 0.1) is 20.8 Å². The quantitative estimate of drug-likeness (QED) is 0.531. The van der Waals surface area contributed by atoms with Crippen LogP contribution in [0.5, 0.6) is 0 Å². The van der Waals surface area contributed by atoms with Gasteiger partial charge in [0.2, 0.25) is 0 Å². The van der Waals surface area contributed by atoms with Crippen LogP contribution in [0.25, 0.3) is 5.00 Å². The van der Waals surface area contributed by atoms with Crippen LogP contribution in [0.3, 0.4) is 0 Å². The highest BCUT2D eigenvalue weighted by Gasteiger charge is 2.32. The molecule has 4 rings (SSSR count). The number of aryl methyl sites for hydroxylation is 2. The molecule has 2 N–H and O–H groups in total. The first-order valence-corrected chi connectivity index (χ1v) is 11.3. The summed E-state index contributed by atoms with van der Waals surface area (Å²) < 4.78 is 7.08. The van der Waals surface area contributed by atoms with Gasteiger partial charge in [0.25, 0.3) is 0 Å². The first-order chi connectivity index (χ1) is 15.3. The highest BCUT2D eigenvalue weighted by molar-refractivity contribution is 7.15. The number of ether oxygens (including phenoxy) is 1. The Bertz CT molecular complexity index is 1190. The van der Waals surface area contributed by atoms with Crippen LogP contribution in [0.15, 0.2) is 29.3 Å². The second-order valence-corrected chi connectivity index (χ2v) is 9.27. The maximum atomic E-state index is 12.5. The molecule has 3 aromatic rings. The van der Waals surface area contributed by atoms with Gasteiger partial charge >= 0.3 is 5.97 Å². The van der Waals surface area contributed by atoms with Crippen molar-refractivity contribution in [2.75, 3.05) is 13.2 Å². The van der Waals surface area contributed by atoms with Gasteiger partial charge in [-0.1, -0.05) is 23.7 Å². The van der Waals surface area contributed by atoms with E-state index in [1.807, 2.05) is 35.8 Å². The fourth-order valence-electron chi connectivity index (χ4n) is 3.59. The minimum absolute atomic E-state index is 0.0830. The van der Waals surface area contributed by atoms with Gasteiger partial charge in [-0.3, -0.25) is 14.4 Å². The molecule has 0 aliphatic carbocycles. The number of hydrogen-bond acceptors (Lipinski definition) is 8. The Hall–Kier alpha value is -2.59. The van der Waals surface area contributed by atoms with Gasteiger partial charge in [-0.25, -0.2) is 0 Å². The van der Waals surface area contributed by atoms with E-state index >= 15 is 0 Å². The van der Waals surface area contributed by atoms with E-state index in [9.17, 15) is 9.90 Å². The van der Waals surface area contributed by atoms with Gasteiger partial charge in [0.05, 0.1) is 18.7 Å². The van der Waals surface area contributed by atoms with Gasteiger partial charge in [0.1, 0.15) is 29.6 Å². The number of esters is 1. The Labute approximate surface area is 194 Å². The summed E-state index contributed by atoms with van der Waals surface area (Å²) in [5.41, 5.74) is 3.70. The molecular formula is C22H23ClN4O4S. The van der Waals surface area contributed by atoms with Crippen molar-refractivity contribution < 1.29 is 19.7 Å². The Morgan fingerprint density at radius 3 is 2.66 bits per heavy atom. The summed E-state index contributed by atoms with van der Waals surface area (Å²) >= 11 is 7.74. The van der Waals surface area contributed by atoms with Crippen LogP contribution in [0.2, 0.25) is 5.02 Å². The van der Waals surface area contributed by atoms with Crippen molar-refractivity contribution in [3.63, 3.8) is 0 Å². The zero-order valence-corrected chi connectivity index (χ0v) is 19.4. The molecule has 32 heavy (non-hydrogen) atoms. The number of aliphatic imine (C=N–C) groups is 1. The number of nitrogens with zero attached hydrogens (tertiary/aromatic N) is 4. The molecule has 2 aromatic heterocycles. The van der Waals surface area contributed by atoms with Crippen molar-refractivity contribution in [3.05, 3.63) is 62.5 Å². The molecule has 8 nitrogen and oxygen atoms in total. The third kappa shape index (κ3) is 4.21. The summed E-state index contributed by atoms with van der Waals surface area (Å²) in [6.45, 7) is 5.22. The van der Waals surface area contributed by atoms with E-state index in [1.165, 1.54) is 0 Å². The number of fused-ring (bicyclic) bond motifs is 3. The molecule has 0 fully saturated rings. The number of thiophene rings is 1. The highest BCUT2D eigenvalue weighted by Crippen LogP contribution is 2.39. The van der Waals surface area contributed by atoms with Crippen LogP contribution < -0.4 is 0 Å². The molecule has 0 amide bonds. The molecule has 0 spiro atoms. The molecule has 1 unspecified atom stereocenters. The van der Waals surface area contributed by atoms with Gasteiger partial charge in [-0.2, -0.15) is 0 Å². The number of aliphatic hydroxyl groups excluding tert-OH is 2. The fourth-order valence-corrected chi connectivity index (χ4v) is 4.93. The van der Waals surface area contributed by atoms with Crippen molar-refractivity contribution in [2.45, 2.75) is 39.3 Å². The maximum absolute atomic E-state index is 12.5. The van der Waals surface area contributed by atoms with E-state index in [4.69, 9.17) is 26.4 Å². The van der Waals surface area contributed by atoms with E-state index in [0.717, 1.165) is 32.3 Å². The number of hydrogen-bond donors (Lipinski definition) is 2. The second kappa shape index (κ2) is 9.11. The number of carbonyl (C=O) groups is 1. The van der Waals surface area contributed by atoms with Gasteiger partial charge in [0.15, 0.2) is 5.82 Å². The second-order valence-electron chi connectivity index (χ2n) is 7.63. The fraction of sp³-hybridized carbons (Fsp3) is 0.364. The van der Waals surface area contributed by atoms with Crippen LogP contribution >= 0.6 is 22.9 Å². The van der Waals surface area contributed by atoms with Crippen LogP contribution in [0.1, 0.15) is 45.7 Å². The molecular weight excluding hydrogens is 452 g/mol. The topological polar surface area (TPSA) is 110 Å². The number of carbonyl (C=O) groups excluding carboxylic acids is 1. The molecule has 10 heteroatoms. The SMILES string of the molecule is Cc1sc2c(c1C)C(c1ccc(Cl)cc1)=N[C@@H](CC(=O)OCC(O)CO)c1nnc(C)n1-2. The average Bonchev–Trinajstić information content (AvgIpc) is 3.25. The Kier molecular flexibility index (Phi) is 6.43. The standard InChI is InChI=1S/C22H23ClN4O4S/c1-11-12(2)32-22-19(11)20(14-4-6-15(23)7-5-14)24-17(21-26-25-13(3)27(21)22)8-18(30)31-10-16(29)9-28/h4-7,16-17,28-29H,8-10H2,1-3H3/t16?,17-/m0/s1. The predicted molar refractivity (Wildman–Crippen MR) is 122 cm³/mol. The zero-order chi connectivity index (χ0) is 23.0. The molecule has 1 aliphatic heterocycles. The molecule has 0 bridgehead atoms. The normalized spacial score (nSPS) is 16.1. The molecule has 1 aliphatic rings. The lowest BCUT2D eigenvalue weighted by atomic mass is 9.99. The number of aliphatic hydroxyl groups is 2. The Morgan fingerprint density at radius 1 is 1.25 bits per heavy atom. The van der Waals surface area contributed by atoms with E-state index < -0.39 is 24.7 Å². The summed E-state index contributed by atoms with van der Waals surface area (Å²) in [6.07, 6.45) is -1.20. The number of rotatable bonds is 6. The average molecular weight is 475 g/mol. The van der Waals surface area contributed by atoms with Crippen LogP contribution in [-0.2, 0) is 9.53 Å². The molecule has 2 atom stereocenters. The van der Waals surface area contributed by atoms with E-state index in [2.05, 4.69) is 24.0 Å². The van der Waals surface area contributed by atoms with E-state index in [1.54, 1.807) is 11.3 Å². The lowest BCUT2D eigenvalue weighted by Crippen LogP contribution is -2.23. The van der Waals surface area contributed by atoms with Crippen LogP contribution in [0.4, 0.5) is 0 Å². The molecule has 0 radical (unpaired) electrons. The third-order valence-corrected chi connectivity index (χ3v) is 6.81. The van der Waals surface area contributed by atoms with E-state index in [0.29, 0.717) is 16.7 Å². The third-order valence-electron chi connectivity index (χ3n) is 5.36. The summed E-state index contributed by atoms with van der Waals surface area (Å²) in [5, 5.41) is 28.6. The maximum Gasteiger partial charge on any atom is 0.308 e. The number of halogens is 1. The largest absolute Gasteiger partial charge is 0.463 e. The van der Waals surface area contributed by atoms with Gasteiger partial charge in [0, 0.05) is 21.0 Å². The van der Waals surface area contributed by atoms with Crippen molar-refractivity contribution in [3.8, 4) is 5.00 Å². The van der Waals surface area contributed by atoms with Gasteiger partial charge < -0.3 is 14.9 Å². The monoisotopic (exact) mass is 474 g/mol. The summed E-state index contributed by atoms with van der Waals surface area (Å²) in [7, 11) is 0.